The van der Waals surface area contributed by atoms with Gasteiger partial charge in [-0.25, -0.2) is 0 Å². The number of pyridine rings is 1. The summed E-state index contributed by atoms with van der Waals surface area (Å²) in [5, 5.41) is 6.07. The van der Waals surface area contributed by atoms with Crippen molar-refractivity contribution in [1.29, 1.82) is 0 Å². The van der Waals surface area contributed by atoms with Crippen LogP contribution in [0.25, 0.3) is 0 Å². The minimum Gasteiger partial charge on any atom is -0.370 e. The molecule has 2 saturated heterocycles. The number of hydrogen-bond donors (Lipinski definition) is 3. The summed E-state index contributed by atoms with van der Waals surface area (Å²) >= 11 is 0. The van der Waals surface area contributed by atoms with E-state index in [-0.39, 0.29) is 17.7 Å². The van der Waals surface area contributed by atoms with Crippen LogP contribution in [0.5, 0.6) is 0 Å². The van der Waals surface area contributed by atoms with Crippen molar-refractivity contribution in [2.75, 3.05) is 31.1 Å². The Balaban J connectivity index is 1.19. The summed E-state index contributed by atoms with van der Waals surface area (Å²) in [5.74, 6) is 1.04. The van der Waals surface area contributed by atoms with E-state index in [9.17, 15) is 9.59 Å². The Morgan fingerprint density at radius 3 is 2.20 bits per heavy atom. The lowest BCUT2D eigenvalue weighted by Crippen LogP contribution is -2.39. The van der Waals surface area contributed by atoms with Crippen molar-refractivity contribution in [3.05, 3.63) is 24.0 Å². The molecule has 0 spiro atoms. The highest BCUT2D eigenvalue weighted by molar-refractivity contribution is 5.98. The Morgan fingerprint density at radius 1 is 0.967 bits per heavy atom. The molecule has 7 nitrogen and oxygen atoms in total. The standard InChI is InChI=1S/C23H35N5O2/c24-19-3-1-16(2-4-19)13-25-14-17-7-9-28(10-8-17)20-5-6-21(26-15-20)18-11-22(29)27-23(30)12-18/h5-6,15-19,25H,1-4,7-14,24H2,(H,27,29,30). The molecule has 3 heterocycles. The molecule has 1 aromatic rings. The number of nitrogens with two attached hydrogens (primary N) is 1. The highest BCUT2D eigenvalue weighted by Gasteiger charge is 2.27. The molecule has 2 aliphatic heterocycles. The van der Waals surface area contributed by atoms with Crippen molar-refractivity contribution >= 4 is 17.5 Å². The summed E-state index contributed by atoms with van der Waals surface area (Å²) in [6, 6.07) is 4.50. The Hall–Kier alpha value is -1.99. The predicted molar refractivity (Wildman–Crippen MR) is 117 cm³/mol. The van der Waals surface area contributed by atoms with Crippen LogP contribution in [0.15, 0.2) is 18.3 Å². The molecule has 1 aliphatic carbocycles. The van der Waals surface area contributed by atoms with E-state index in [1.807, 2.05) is 12.3 Å². The lowest BCUT2D eigenvalue weighted by molar-refractivity contribution is -0.133. The maximum atomic E-state index is 11.6. The van der Waals surface area contributed by atoms with Gasteiger partial charge in [-0.3, -0.25) is 19.9 Å². The maximum Gasteiger partial charge on any atom is 0.227 e. The molecule has 30 heavy (non-hydrogen) atoms. The Kier molecular flexibility index (Phi) is 7.00. The molecule has 1 aromatic heterocycles. The number of imide groups is 1. The third-order valence-corrected chi connectivity index (χ3v) is 7.07. The molecule has 0 unspecified atom stereocenters. The third-order valence-electron chi connectivity index (χ3n) is 7.07. The van der Waals surface area contributed by atoms with Gasteiger partial charge >= 0.3 is 0 Å². The lowest BCUT2D eigenvalue weighted by Gasteiger charge is -2.34. The molecule has 164 valence electrons. The zero-order valence-corrected chi connectivity index (χ0v) is 17.8. The van der Waals surface area contributed by atoms with E-state index in [2.05, 4.69) is 26.6 Å². The van der Waals surface area contributed by atoms with E-state index in [4.69, 9.17) is 5.73 Å². The van der Waals surface area contributed by atoms with Crippen molar-refractivity contribution in [2.24, 2.45) is 17.6 Å². The molecule has 4 rings (SSSR count). The fourth-order valence-electron chi connectivity index (χ4n) is 5.09. The Labute approximate surface area is 179 Å². The fourth-order valence-corrected chi connectivity index (χ4v) is 5.09. The van der Waals surface area contributed by atoms with Gasteiger partial charge in [-0.2, -0.15) is 0 Å². The van der Waals surface area contributed by atoms with Gasteiger partial charge in [0, 0.05) is 43.6 Å². The van der Waals surface area contributed by atoms with Gasteiger partial charge in [0.1, 0.15) is 0 Å². The number of piperidine rings is 2. The van der Waals surface area contributed by atoms with Gasteiger partial charge in [0.25, 0.3) is 0 Å². The van der Waals surface area contributed by atoms with Crippen molar-refractivity contribution in [3.63, 3.8) is 0 Å². The van der Waals surface area contributed by atoms with Crippen LogP contribution in [-0.2, 0) is 9.59 Å². The number of carbonyl (C=O) groups excluding carboxylic acids is 2. The predicted octanol–water partition coefficient (Wildman–Crippen LogP) is 1.93. The van der Waals surface area contributed by atoms with Crippen LogP contribution >= 0.6 is 0 Å². The third kappa shape index (κ3) is 5.58. The molecule has 0 aromatic carbocycles. The first-order chi connectivity index (χ1) is 14.6. The van der Waals surface area contributed by atoms with Gasteiger partial charge in [-0.05, 0) is 75.6 Å². The average molecular weight is 414 g/mol. The number of anilines is 1. The van der Waals surface area contributed by atoms with E-state index in [0.717, 1.165) is 49.4 Å². The summed E-state index contributed by atoms with van der Waals surface area (Å²) in [6.45, 7) is 4.36. The van der Waals surface area contributed by atoms with Crippen LogP contribution in [0.2, 0.25) is 0 Å². The summed E-state index contributed by atoms with van der Waals surface area (Å²) in [4.78, 5) is 30.2. The van der Waals surface area contributed by atoms with Crippen molar-refractivity contribution in [3.8, 4) is 0 Å². The first kappa shape index (κ1) is 21.2. The molecule has 0 radical (unpaired) electrons. The number of nitrogens with one attached hydrogen (secondary N) is 2. The van der Waals surface area contributed by atoms with Crippen LogP contribution in [0.3, 0.4) is 0 Å². The van der Waals surface area contributed by atoms with Crippen LogP contribution in [-0.4, -0.2) is 49.0 Å². The number of carbonyl (C=O) groups is 2. The number of amides is 2. The highest BCUT2D eigenvalue weighted by Crippen LogP contribution is 2.28. The summed E-state index contributed by atoms with van der Waals surface area (Å²) in [5.41, 5.74) is 7.97. The second-order valence-electron chi connectivity index (χ2n) is 9.39. The SMILES string of the molecule is NC1CCC(CNCC2CCN(c3ccc(C4CC(=O)NC(=O)C4)nc3)CC2)CC1. The van der Waals surface area contributed by atoms with Gasteiger partial charge < -0.3 is 16.0 Å². The summed E-state index contributed by atoms with van der Waals surface area (Å²) < 4.78 is 0. The van der Waals surface area contributed by atoms with E-state index in [1.54, 1.807) is 0 Å². The topological polar surface area (TPSA) is 100 Å². The van der Waals surface area contributed by atoms with Crippen LogP contribution in [0.1, 0.15) is 63.0 Å². The van der Waals surface area contributed by atoms with Gasteiger partial charge in [-0.1, -0.05) is 0 Å². The minimum atomic E-state index is -0.204. The van der Waals surface area contributed by atoms with Gasteiger partial charge in [0.05, 0.1) is 11.9 Å². The number of aromatic nitrogens is 1. The molecule has 3 fully saturated rings. The quantitative estimate of drug-likeness (QED) is 0.616. The first-order valence-electron chi connectivity index (χ1n) is 11.6. The Bertz CT molecular complexity index is 706. The van der Waals surface area contributed by atoms with Crippen LogP contribution in [0.4, 0.5) is 5.69 Å². The second kappa shape index (κ2) is 9.88. The van der Waals surface area contributed by atoms with Gasteiger partial charge in [0.2, 0.25) is 11.8 Å². The van der Waals surface area contributed by atoms with E-state index >= 15 is 0 Å². The molecule has 4 N–H and O–H groups in total. The monoisotopic (exact) mass is 413 g/mol. The largest absolute Gasteiger partial charge is 0.370 e. The van der Waals surface area contributed by atoms with E-state index in [0.29, 0.717) is 18.9 Å². The molecule has 0 bridgehead atoms. The van der Waals surface area contributed by atoms with Crippen LogP contribution in [0, 0.1) is 11.8 Å². The van der Waals surface area contributed by atoms with Crippen molar-refractivity contribution in [2.45, 2.75) is 63.3 Å². The van der Waals surface area contributed by atoms with Crippen LogP contribution < -0.4 is 21.3 Å². The second-order valence-corrected chi connectivity index (χ2v) is 9.39. The van der Waals surface area contributed by atoms with E-state index in [1.165, 1.54) is 38.5 Å². The minimum absolute atomic E-state index is 0.1000. The lowest BCUT2D eigenvalue weighted by atomic mass is 9.86. The molecule has 0 atom stereocenters. The molecule has 3 aliphatic rings. The average Bonchev–Trinajstić information content (AvgIpc) is 2.75. The molecular weight excluding hydrogens is 378 g/mol. The number of hydrogen-bond acceptors (Lipinski definition) is 6. The normalized spacial score (nSPS) is 26.6. The number of rotatable bonds is 6. The van der Waals surface area contributed by atoms with Crippen molar-refractivity contribution in [1.82, 2.24) is 15.6 Å². The van der Waals surface area contributed by atoms with E-state index < -0.39 is 0 Å². The van der Waals surface area contributed by atoms with Crippen molar-refractivity contribution < 1.29 is 9.59 Å². The summed E-state index contributed by atoms with van der Waals surface area (Å²) in [7, 11) is 0. The smallest absolute Gasteiger partial charge is 0.227 e. The maximum absolute atomic E-state index is 11.6. The molecular formula is C23H35N5O2. The molecule has 2 amide bonds. The Morgan fingerprint density at radius 2 is 1.60 bits per heavy atom. The zero-order valence-electron chi connectivity index (χ0n) is 17.8. The first-order valence-corrected chi connectivity index (χ1v) is 11.6. The molecule has 1 saturated carbocycles. The number of nitrogens with zero attached hydrogens (tertiary/aromatic N) is 2. The molecule has 7 heteroatoms. The summed E-state index contributed by atoms with van der Waals surface area (Å²) in [6.07, 6.45) is 9.88. The van der Waals surface area contributed by atoms with Gasteiger partial charge in [0.15, 0.2) is 0 Å². The highest BCUT2D eigenvalue weighted by atomic mass is 16.2. The fraction of sp³-hybridized carbons (Fsp3) is 0.696. The zero-order chi connectivity index (χ0) is 20.9. The van der Waals surface area contributed by atoms with Gasteiger partial charge in [-0.15, -0.1) is 0 Å².